The molecule has 0 aliphatic heterocycles. The number of aromatic nitrogens is 4. The van der Waals surface area contributed by atoms with Crippen LogP contribution in [-0.4, -0.2) is 19.9 Å². The first-order valence-corrected chi connectivity index (χ1v) is 23.9. The minimum Gasteiger partial charge on any atom is -0.279 e. The van der Waals surface area contributed by atoms with Crippen molar-refractivity contribution in [2.45, 2.75) is 38.5 Å². The van der Waals surface area contributed by atoms with Gasteiger partial charge in [0.15, 0.2) is 0 Å². The van der Waals surface area contributed by atoms with E-state index >= 15 is 0 Å². The maximum Gasteiger partial charge on any atom is 0.138 e. The van der Waals surface area contributed by atoms with Crippen LogP contribution in [0.3, 0.4) is 0 Å². The Hall–Kier alpha value is -8.74. The van der Waals surface area contributed by atoms with Gasteiger partial charge in [-0.2, -0.15) is 0 Å². The van der Waals surface area contributed by atoms with Gasteiger partial charge in [0.25, 0.3) is 0 Å². The average molecular weight is 903 g/mol. The van der Waals surface area contributed by atoms with Gasteiger partial charge in [-0.1, -0.05) is 161 Å². The number of fused-ring (bicyclic) bond motifs is 7. The van der Waals surface area contributed by atoms with Gasteiger partial charge in [0.05, 0.1) is 0 Å². The Bertz CT molecular complexity index is 3330. The zero-order chi connectivity index (χ0) is 47.4. The van der Waals surface area contributed by atoms with E-state index in [0.717, 1.165) is 34.6 Å². The van der Waals surface area contributed by atoms with Crippen LogP contribution in [0.5, 0.6) is 0 Å². The van der Waals surface area contributed by atoms with Crippen LogP contribution in [0, 0.1) is 0 Å². The maximum atomic E-state index is 4.71. The fourth-order valence-electron chi connectivity index (χ4n) is 10.7. The van der Waals surface area contributed by atoms with E-state index in [4.69, 9.17) is 19.9 Å². The molecule has 0 N–H and O–H groups in total. The predicted molar refractivity (Wildman–Crippen MR) is 290 cm³/mol. The van der Waals surface area contributed by atoms with Crippen LogP contribution in [-0.2, 0) is 10.8 Å². The van der Waals surface area contributed by atoms with Crippen LogP contribution < -0.4 is 9.80 Å². The highest BCUT2D eigenvalue weighted by atomic mass is 15.2. The standard InChI is InChI=1S/C64H50N6/c1-63(2)55-39-43(23-31-51(55)53-33-29-47(41-57(53)63)69(59-17-7-11-35-65-59)60-18-8-12-36-66-60)21-25-45-27-28-46(50-16-6-5-15-49(45)50)26-22-44-24-32-52-54-34-30-48(42-58(54)64(3,4)56(52)40-44)70(61-19-9-13-37-67-61)62-20-10-14-38-68-62/h5-42H,1-4H3/b25-21+,26-22+. The van der Waals surface area contributed by atoms with E-state index in [1.807, 2.05) is 97.6 Å². The molecule has 6 nitrogen and oxygen atoms in total. The second kappa shape index (κ2) is 17.1. The van der Waals surface area contributed by atoms with Gasteiger partial charge in [-0.15, -0.1) is 0 Å². The first kappa shape index (κ1) is 42.6. The number of benzene rings is 6. The Morgan fingerprint density at radius 2 is 0.657 bits per heavy atom. The lowest BCUT2D eigenvalue weighted by molar-refractivity contribution is 0.660. The number of hydrogen-bond acceptors (Lipinski definition) is 6. The monoisotopic (exact) mass is 902 g/mol. The number of anilines is 6. The van der Waals surface area contributed by atoms with Crippen LogP contribution in [0.1, 0.15) is 72.2 Å². The van der Waals surface area contributed by atoms with Crippen molar-refractivity contribution in [1.29, 1.82) is 0 Å². The maximum absolute atomic E-state index is 4.71. The lowest BCUT2D eigenvalue weighted by Gasteiger charge is -2.26. The number of pyridine rings is 4. The first-order chi connectivity index (χ1) is 34.2. The molecule has 6 heteroatoms. The highest BCUT2D eigenvalue weighted by molar-refractivity contribution is 5.99. The van der Waals surface area contributed by atoms with Crippen molar-refractivity contribution in [2.24, 2.45) is 0 Å². The number of rotatable bonds is 10. The average Bonchev–Trinajstić information content (AvgIpc) is 3.76. The number of nitrogens with zero attached hydrogens (tertiary/aromatic N) is 6. The molecule has 0 atom stereocenters. The lowest BCUT2D eigenvalue weighted by Crippen LogP contribution is -2.17. The van der Waals surface area contributed by atoms with E-state index < -0.39 is 0 Å². The van der Waals surface area contributed by atoms with Gasteiger partial charge < -0.3 is 0 Å². The Morgan fingerprint density at radius 1 is 0.329 bits per heavy atom. The van der Waals surface area contributed by atoms with E-state index in [2.05, 4.69) is 171 Å². The summed E-state index contributed by atoms with van der Waals surface area (Å²) in [4.78, 5) is 23.1. The Labute approximate surface area is 409 Å². The third-order valence-corrected chi connectivity index (χ3v) is 14.3. The van der Waals surface area contributed by atoms with E-state index in [0.29, 0.717) is 0 Å². The van der Waals surface area contributed by atoms with Crippen LogP contribution >= 0.6 is 0 Å². The molecule has 2 aliphatic carbocycles. The van der Waals surface area contributed by atoms with Crippen molar-refractivity contribution in [3.63, 3.8) is 0 Å². The molecule has 0 spiro atoms. The fourth-order valence-corrected chi connectivity index (χ4v) is 10.7. The molecule has 0 bridgehead atoms. The Morgan fingerprint density at radius 3 is 1.00 bits per heavy atom. The summed E-state index contributed by atoms with van der Waals surface area (Å²) < 4.78 is 0. The van der Waals surface area contributed by atoms with Crippen molar-refractivity contribution < 1.29 is 0 Å². The molecule has 0 amide bonds. The van der Waals surface area contributed by atoms with Gasteiger partial charge in [-0.05, 0) is 150 Å². The van der Waals surface area contributed by atoms with E-state index in [-0.39, 0.29) is 10.8 Å². The summed E-state index contributed by atoms with van der Waals surface area (Å²) >= 11 is 0. The molecule has 12 rings (SSSR count). The summed E-state index contributed by atoms with van der Waals surface area (Å²) in [6.45, 7) is 9.34. The van der Waals surface area contributed by atoms with E-state index in [9.17, 15) is 0 Å². The molecule has 70 heavy (non-hydrogen) atoms. The molecule has 336 valence electrons. The molecule has 10 aromatic rings. The second-order valence-electron chi connectivity index (χ2n) is 19.2. The van der Waals surface area contributed by atoms with Crippen molar-refractivity contribution in [1.82, 2.24) is 19.9 Å². The lowest BCUT2D eigenvalue weighted by atomic mass is 9.81. The molecule has 0 fully saturated rings. The van der Waals surface area contributed by atoms with Crippen molar-refractivity contribution in [3.05, 3.63) is 251 Å². The normalized spacial score (nSPS) is 13.8. The minimum atomic E-state index is -0.212. The molecular weight excluding hydrogens is 853 g/mol. The van der Waals surface area contributed by atoms with Gasteiger partial charge in [0.1, 0.15) is 23.3 Å². The second-order valence-corrected chi connectivity index (χ2v) is 19.2. The Kier molecular flexibility index (Phi) is 10.4. The smallest absolute Gasteiger partial charge is 0.138 e. The van der Waals surface area contributed by atoms with Crippen molar-refractivity contribution in [3.8, 4) is 22.3 Å². The van der Waals surface area contributed by atoms with Gasteiger partial charge in [-0.25, -0.2) is 19.9 Å². The summed E-state index contributed by atoms with van der Waals surface area (Å²) in [5, 5.41) is 2.44. The van der Waals surface area contributed by atoms with Crippen LogP contribution in [0.15, 0.2) is 207 Å². The first-order valence-electron chi connectivity index (χ1n) is 23.9. The van der Waals surface area contributed by atoms with Crippen molar-refractivity contribution in [2.75, 3.05) is 9.80 Å². The number of hydrogen-bond donors (Lipinski definition) is 0. The van der Waals surface area contributed by atoms with E-state index in [1.54, 1.807) is 0 Å². The summed E-state index contributed by atoms with van der Waals surface area (Å²) in [6.07, 6.45) is 16.4. The molecule has 6 aromatic carbocycles. The predicted octanol–water partition coefficient (Wildman–Crippen LogP) is 16.3. The summed E-state index contributed by atoms with van der Waals surface area (Å²) in [7, 11) is 0. The van der Waals surface area contributed by atoms with Crippen LogP contribution in [0.2, 0.25) is 0 Å². The van der Waals surface area contributed by atoms with Gasteiger partial charge >= 0.3 is 0 Å². The van der Waals surface area contributed by atoms with Gasteiger partial charge in [0, 0.05) is 47.0 Å². The van der Waals surface area contributed by atoms with Crippen LogP contribution in [0.4, 0.5) is 34.6 Å². The van der Waals surface area contributed by atoms with Gasteiger partial charge in [-0.3, -0.25) is 9.80 Å². The van der Waals surface area contributed by atoms with Crippen LogP contribution in [0.25, 0.3) is 57.3 Å². The minimum absolute atomic E-state index is 0.212. The molecule has 2 aliphatic rings. The largest absolute Gasteiger partial charge is 0.279 e. The quantitative estimate of drug-likeness (QED) is 0.127. The molecule has 4 aromatic heterocycles. The zero-order valence-corrected chi connectivity index (χ0v) is 39.6. The third kappa shape index (κ3) is 7.36. The molecule has 0 unspecified atom stereocenters. The van der Waals surface area contributed by atoms with Crippen molar-refractivity contribution >= 4 is 69.7 Å². The highest BCUT2D eigenvalue weighted by Gasteiger charge is 2.38. The SMILES string of the molecule is CC1(C)c2cc(/C=C/c3ccc(/C=C/c4ccc5c(c4)C(C)(C)c4cc(N(c6ccccn6)c6ccccn6)ccc4-5)c4ccccc34)ccc2-c2ccc(N(c3ccccn3)c3ccccn3)cc21. The molecule has 0 saturated heterocycles. The van der Waals surface area contributed by atoms with E-state index in [1.165, 1.54) is 77.5 Å². The fraction of sp³-hybridized carbons (Fsp3) is 0.0938. The zero-order valence-electron chi connectivity index (χ0n) is 39.6. The Balaban J connectivity index is 0.806. The summed E-state index contributed by atoms with van der Waals surface area (Å²) in [5.74, 6) is 3.32. The summed E-state index contributed by atoms with van der Waals surface area (Å²) in [5.41, 5.74) is 16.7. The molecule has 0 radical (unpaired) electrons. The molecular formula is C64H50N6. The molecule has 0 saturated carbocycles. The molecule has 4 heterocycles. The highest BCUT2D eigenvalue weighted by Crippen LogP contribution is 2.52. The third-order valence-electron chi connectivity index (χ3n) is 14.3. The van der Waals surface area contributed by atoms with Gasteiger partial charge in [0.2, 0.25) is 0 Å². The topological polar surface area (TPSA) is 58.0 Å². The summed E-state index contributed by atoms with van der Waals surface area (Å²) in [6, 6.07) is 64.6.